The van der Waals surface area contributed by atoms with E-state index in [1.807, 2.05) is 104 Å². The largest absolute Gasteiger partial charge is 0.444 e. The van der Waals surface area contributed by atoms with Gasteiger partial charge >= 0.3 is 6.09 Å². The van der Waals surface area contributed by atoms with E-state index in [1.165, 1.54) is 0 Å². The van der Waals surface area contributed by atoms with Gasteiger partial charge in [-0.05, 0) is 34.9 Å². The predicted octanol–water partition coefficient (Wildman–Crippen LogP) is 6.71. The predicted molar refractivity (Wildman–Crippen MR) is 136 cm³/mol. The molecule has 0 spiro atoms. The maximum atomic E-state index is 13.3. The summed E-state index contributed by atoms with van der Waals surface area (Å²) < 4.78 is 7.85. The number of carbonyl (C=O) groups is 1. The second kappa shape index (κ2) is 8.95. The molecule has 5 heteroatoms. The van der Waals surface area contributed by atoms with Crippen LogP contribution >= 0.6 is 0 Å². The highest BCUT2D eigenvalue weighted by Crippen LogP contribution is 2.37. The lowest BCUT2D eigenvalue weighted by molar-refractivity contribution is 0.102. The van der Waals surface area contributed by atoms with Gasteiger partial charge in [-0.3, -0.25) is 9.88 Å². The van der Waals surface area contributed by atoms with Crippen molar-refractivity contribution in [3.8, 4) is 11.3 Å². The summed E-state index contributed by atoms with van der Waals surface area (Å²) in [5.41, 5.74) is 6.91. The van der Waals surface area contributed by atoms with Crippen molar-refractivity contribution in [3.63, 3.8) is 0 Å². The van der Waals surface area contributed by atoms with Crippen LogP contribution in [0.2, 0.25) is 0 Å². The highest BCUT2D eigenvalue weighted by atomic mass is 16.6. The van der Waals surface area contributed by atoms with Gasteiger partial charge in [0.1, 0.15) is 12.6 Å². The van der Waals surface area contributed by atoms with Crippen molar-refractivity contribution in [2.75, 3.05) is 0 Å². The summed E-state index contributed by atoms with van der Waals surface area (Å²) >= 11 is 0. The molecular weight excluding hydrogens is 434 g/mol. The van der Waals surface area contributed by atoms with E-state index in [4.69, 9.17) is 4.74 Å². The van der Waals surface area contributed by atoms with Crippen LogP contribution in [0.1, 0.15) is 28.4 Å². The Morgan fingerprint density at radius 3 is 2.43 bits per heavy atom. The minimum Gasteiger partial charge on any atom is -0.444 e. The first kappa shape index (κ1) is 20.9. The summed E-state index contributed by atoms with van der Waals surface area (Å²) in [6.07, 6.45) is 7.29. The minimum atomic E-state index is -0.392. The second-order valence-corrected chi connectivity index (χ2v) is 8.49. The Kier molecular flexibility index (Phi) is 5.35. The molecule has 170 valence electrons. The number of nitrogens with zero attached hydrogens (tertiary/aromatic N) is 3. The van der Waals surface area contributed by atoms with Gasteiger partial charge in [-0.1, -0.05) is 84.9 Å². The van der Waals surface area contributed by atoms with Crippen LogP contribution in [0.4, 0.5) is 4.79 Å². The van der Waals surface area contributed by atoms with Crippen LogP contribution in [0.25, 0.3) is 22.9 Å². The molecule has 35 heavy (non-hydrogen) atoms. The fourth-order valence-electron chi connectivity index (χ4n) is 4.58. The number of hydrogen-bond acceptors (Lipinski definition) is 3. The molecule has 5 nitrogen and oxygen atoms in total. The zero-order valence-electron chi connectivity index (χ0n) is 19.0. The molecule has 6 rings (SSSR count). The van der Waals surface area contributed by atoms with Crippen LogP contribution in [-0.2, 0) is 11.3 Å². The molecule has 0 bridgehead atoms. The van der Waals surface area contributed by atoms with Gasteiger partial charge in [-0.15, -0.1) is 0 Å². The molecular formula is C30H23N3O2. The first-order valence-corrected chi connectivity index (χ1v) is 11.6. The molecule has 5 aromatic rings. The van der Waals surface area contributed by atoms with Crippen LogP contribution in [0.3, 0.4) is 0 Å². The molecule has 0 saturated heterocycles. The molecule has 2 aromatic heterocycles. The molecule has 1 aliphatic rings. The monoisotopic (exact) mass is 457 g/mol. The molecule has 1 amide bonds. The fourth-order valence-corrected chi connectivity index (χ4v) is 4.58. The Labute approximate surface area is 203 Å². The van der Waals surface area contributed by atoms with Gasteiger partial charge < -0.3 is 9.14 Å². The summed E-state index contributed by atoms with van der Waals surface area (Å²) in [5.74, 6) is 0. The third-order valence-corrected chi connectivity index (χ3v) is 6.32. The smallest absolute Gasteiger partial charge is 0.415 e. The van der Waals surface area contributed by atoms with Crippen LogP contribution in [0, 0.1) is 0 Å². The van der Waals surface area contributed by atoms with Crippen LogP contribution in [-0.4, -0.2) is 20.4 Å². The lowest BCUT2D eigenvalue weighted by Gasteiger charge is -2.32. The average Bonchev–Trinajstić information content (AvgIpc) is 3.35. The number of aromatic nitrogens is 2. The molecule has 3 aromatic carbocycles. The van der Waals surface area contributed by atoms with Gasteiger partial charge in [0.25, 0.3) is 0 Å². The second-order valence-electron chi connectivity index (χ2n) is 8.49. The molecule has 3 heterocycles. The molecule has 0 unspecified atom stereocenters. The Hall–Kier alpha value is -4.64. The van der Waals surface area contributed by atoms with Crippen molar-refractivity contribution < 1.29 is 9.53 Å². The topological polar surface area (TPSA) is 46.8 Å². The molecule has 1 aliphatic heterocycles. The molecule has 0 fully saturated rings. The Morgan fingerprint density at radius 2 is 1.60 bits per heavy atom. The first-order chi connectivity index (χ1) is 17.3. The van der Waals surface area contributed by atoms with E-state index in [0.717, 1.165) is 39.2 Å². The first-order valence-electron chi connectivity index (χ1n) is 11.6. The Morgan fingerprint density at radius 1 is 0.857 bits per heavy atom. The molecule has 0 radical (unpaired) electrons. The average molecular weight is 458 g/mol. The van der Waals surface area contributed by atoms with Crippen molar-refractivity contribution >= 4 is 17.7 Å². The Bertz CT molecular complexity index is 1520. The Balaban J connectivity index is 1.41. The zero-order valence-corrected chi connectivity index (χ0v) is 19.0. The lowest BCUT2D eigenvalue weighted by atomic mass is 9.94. The molecule has 0 saturated carbocycles. The van der Waals surface area contributed by atoms with Crippen LogP contribution in [0.15, 0.2) is 116 Å². The summed E-state index contributed by atoms with van der Waals surface area (Å²) in [6, 6.07) is 31.7. The maximum Gasteiger partial charge on any atom is 0.415 e. The third kappa shape index (κ3) is 3.97. The number of ether oxygens (including phenoxy) is 1. The molecule has 1 atom stereocenters. The van der Waals surface area contributed by atoms with E-state index < -0.39 is 6.09 Å². The van der Waals surface area contributed by atoms with Crippen molar-refractivity contribution in [2.24, 2.45) is 0 Å². The van der Waals surface area contributed by atoms with E-state index in [0.29, 0.717) is 0 Å². The standard InChI is InChI=1S/C30H23N3O2/c34-30(35-21-22-9-3-1-4-10-22)32-18-17-23-11-7-8-14-26(23)29(32)28-16-15-25-19-31-27(20-33(25)28)24-12-5-2-6-13-24/h1-20,29H,21H2/t29-/m1/s1. The summed E-state index contributed by atoms with van der Waals surface area (Å²) in [5, 5.41) is 0. The summed E-state index contributed by atoms with van der Waals surface area (Å²) in [4.78, 5) is 19.7. The SMILES string of the molecule is O=C(OCc1ccccc1)N1C=Cc2ccccc2[C@@H]1c1ccc2cnc(-c3ccccc3)cn12. The van der Waals surface area contributed by atoms with Gasteiger partial charge in [0, 0.05) is 18.0 Å². The number of benzene rings is 3. The third-order valence-electron chi connectivity index (χ3n) is 6.32. The van der Waals surface area contributed by atoms with Gasteiger partial charge in [-0.25, -0.2) is 4.79 Å². The van der Waals surface area contributed by atoms with E-state index in [-0.39, 0.29) is 12.6 Å². The van der Waals surface area contributed by atoms with Crippen molar-refractivity contribution in [2.45, 2.75) is 12.6 Å². The van der Waals surface area contributed by atoms with Gasteiger partial charge in [0.05, 0.1) is 23.1 Å². The van der Waals surface area contributed by atoms with Crippen molar-refractivity contribution in [1.29, 1.82) is 0 Å². The number of rotatable bonds is 4. The highest BCUT2D eigenvalue weighted by Gasteiger charge is 2.32. The highest BCUT2D eigenvalue weighted by molar-refractivity contribution is 5.75. The van der Waals surface area contributed by atoms with Crippen LogP contribution in [0.5, 0.6) is 0 Å². The van der Waals surface area contributed by atoms with Crippen LogP contribution < -0.4 is 0 Å². The van der Waals surface area contributed by atoms with E-state index >= 15 is 0 Å². The van der Waals surface area contributed by atoms with Gasteiger partial charge in [-0.2, -0.15) is 0 Å². The number of amides is 1. The fraction of sp³-hybridized carbons (Fsp3) is 0.0667. The normalized spacial score (nSPS) is 14.6. The molecule has 0 N–H and O–H groups in total. The van der Waals surface area contributed by atoms with Crippen molar-refractivity contribution in [3.05, 3.63) is 138 Å². The molecule has 0 aliphatic carbocycles. The minimum absolute atomic E-state index is 0.218. The lowest BCUT2D eigenvalue weighted by Crippen LogP contribution is -2.34. The number of fused-ring (bicyclic) bond motifs is 2. The van der Waals surface area contributed by atoms with Gasteiger partial charge in [0.15, 0.2) is 0 Å². The summed E-state index contributed by atoms with van der Waals surface area (Å²) in [7, 11) is 0. The number of hydrogen-bond donors (Lipinski definition) is 0. The van der Waals surface area contributed by atoms with Crippen molar-refractivity contribution in [1.82, 2.24) is 14.3 Å². The van der Waals surface area contributed by atoms with Gasteiger partial charge in [0.2, 0.25) is 0 Å². The number of carbonyl (C=O) groups excluding carboxylic acids is 1. The zero-order chi connectivity index (χ0) is 23.6. The quantitative estimate of drug-likeness (QED) is 0.301. The maximum absolute atomic E-state index is 13.3. The summed E-state index contributed by atoms with van der Waals surface area (Å²) in [6.45, 7) is 0.218. The van der Waals surface area contributed by atoms with E-state index in [1.54, 1.807) is 4.90 Å². The van der Waals surface area contributed by atoms with E-state index in [2.05, 4.69) is 27.6 Å². The van der Waals surface area contributed by atoms with E-state index in [9.17, 15) is 4.79 Å².